The highest BCUT2D eigenvalue weighted by atomic mass is 32.1. The number of nitrogens with one attached hydrogen (secondary N) is 1. The number of nitrogens with two attached hydrogens (primary N) is 1. The molecule has 0 aromatic carbocycles. The zero-order valence-electron chi connectivity index (χ0n) is 15.6. The maximum absolute atomic E-state index is 12.3. The van der Waals surface area contributed by atoms with Crippen molar-refractivity contribution in [3.63, 3.8) is 0 Å². The molecule has 0 bridgehead atoms. The highest BCUT2D eigenvalue weighted by molar-refractivity contribution is 7.20. The summed E-state index contributed by atoms with van der Waals surface area (Å²) < 4.78 is 0. The quantitative estimate of drug-likeness (QED) is 0.364. The molecule has 0 saturated heterocycles. The summed E-state index contributed by atoms with van der Waals surface area (Å²) in [7, 11) is 1.57. The lowest BCUT2D eigenvalue weighted by atomic mass is 10.2. The van der Waals surface area contributed by atoms with Crippen molar-refractivity contribution < 1.29 is 9.59 Å². The number of aldehydes is 1. The number of carbonyl (C=O) groups is 2. The van der Waals surface area contributed by atoms with Crippen molar-refractivity contribution in [2.75, 3.05) is 12.5 Å². The normalized spacial score (nSPS) is 11.5. The van der Waals surface area contributed by atoms with Gasteiger partial charge in [0.2, 0.25) is 0 Å². The van der Waals surface area contributed by atoms with Gasteiger partial charge in [0.05, 0.1) is 15.1 Å². The summed E-state index contributed by atoms with van der Waals surface area (Å²) in [6, 6.07) is 3.86. The Balaban J connectivity index is 2.12. The number of aryl methyl sites for hydroxylation is 1. The smallest absolute Gasteiger partial charge is 0.265 e. The average molecular weight is 414 g/mol. The first kappa shape index (κ1) is 19.7. The minimum Gasteiger partial charge on any atom is -0.398 e. The number of likely N-dealkylation sites (N-methyl/N-ethyl adjacent to an activating group) is 1. The number of hydrazine groups is 1. The molecule has 0 fully saturated rings. The van der Waals surface area contributed by atoms with Gasteiger partial charge in [-0.15, -0.1) is 22.7 Å². The lowest BCUT2D eigenvalue weighted by Crippen LogP contribution is -2.31. The number of rotatable bonds is 6. The van der Waals surface area contributed by atoms with E-state index in [9.17, 15) is 9.59 Å². The van der Waals surface area contributed by atoms with Crippen molar-refractivity contribution in [2.24, 2.45) is 5.73 Å². The first-order valence-corrected chi connectivity index (χ1v) is 9.99. The fourth-order valence-electron chi connectivity index (χ4n) is 2.58. The number of amides is 1. The van der Waals surface area contributed by atoms with Crippen molar-refractivity contribution in [3.05, 3.63) is 46.2 Å². The van der Waals surface area contributed by atoms with Crippen LogP contribution in [0.1, 0.15) is 17.4 Å². The van der Waals surface area contributed by atoms with Crippen LogP contribution >= 0.6 is 22.7 Å². The third kappa shape index (κ3) is 3.80. The second kappa shape index (κ2) is 7.91. The van der Waals surface area contributed by atoms with Gasteiger partial charge in [-0.2, -0.15) is 0 Å². The number of nitrogens with zero attached hydrogens (tertiary/aromatic N) is 3. The summed E-state index contributed by atoms with van der Waals surface area (Å²) in [5, 5.41) is 4.01. The molecule has 144 valence electrons. The van der Waals surface area contributed by atoms with Gasteiger partial charge in [-0.1, -0.05) is 12.6 Å². The Hall–Kier alpha value is -3.04. The first-order chi connectivity index (χ1) is 13.3. The summed E-state index contributed by atoms with van der Waals surface area (Å²) in [6.07, 6.45) is 1.89. The van der Waals surface area contributed by atoms with Crippen LogP contribution in [-0.4, -0.2) is 34.2 Å². The van der Waals surface area contributed by atoms with E-state index < -0.39 is 0 Å². The summed E-state index contributed by atoms with van der Waals surface area (Å²) in [4.78, 5) is 34.9. The molecule has 0 aliphatic heterocycles. The molecule has 0 spiro atoms. The van der Waals surface area contributed by atoms with Crippen molar-refractivity contribution >= 4 is 56.6 Å². The van der Waals surface area contributed by atoms with Crippen molar-refractivity contribution in [1.82, 2.24) is 15.0 Å². The third-order valence-electron chi connectivity index (χ3n) is 3.96. The van der Waals surface area contributed by atoms with E-state index in [1.807, 2.05) is 24.4 Å². The molecule has 9 heteroatoms. The van der Waals surface area contributed by atoms with Crippen LogP contribution in [0.25, 0.3) is 26.6 Å². The summed E-state index contributed by atoms with van der Waals surface area (Å²) >= 11 is 2.96. The Morgan fingerprint density at radius 1 is 1.39 bits per heavy atom. The van der Waals surface area contributed by atoms with Crippen LogP contribution in [0.4, 0.5) is 5.82 Å². The molecule has 3 heterocycles. The highest BCUT2D eigenvalue weighted by Gasteiger charge is 2.19. The SMILES string of the molecule is C=C(N)c1sc2nc(-c3cccs3)nc(NN(C)C(=O)/C=C(/C)C=O)c2c1C. The average Bonchev–Trinajstić information content (AvgIpc) is 3.29. The van der Waals surface area contributed by atoms with Crippen molar-refractivity contribution in [2.45, 2.75) is 13.8 Å². The minimum absolute atomic E-state index is 0.333. The highest BCUT2D eigenvalue weighted by Crippen LogP contribution is 2.37. The van der Waals surface area contributed by atoms with Gasteiger partial charge in [0, 0.05) is 18.8 Å². The maximum atomic E-state index is 12.3. The van der Waals surface area contributed by atoms with Crippen LogP contribution in [-0.2, 0) is 9.59 Å². The Morgan fingerprint density at radius 2 is 2.14 bits per heavy atom. The van der Waals surface area contributed by atoms with E-state index in [1.54, 1.807) is 14.0 Å². The zero-order chi connectivity index (χ0) is 20.4. The van der Waals surface area contributed by atoms with Crippen molar-refractivity contribution in [1.29, 1.82) is 0 Å². The number of allylic oxidation sites excluding steroid dienone is 1. The molecule has 0 aliphatic rings. The van der Waals surface area contributed by atoms with Gasteiger partial charge in [-0.3, -0.25) is 20.0 Å². The Bertz CT molecular complexity index is 1100. The molecule has 28 heavy (non-hydrogen) atoms. The van der Waals surface area contributed by atoms with E-state index in [4.69, 9.17) is 5.73 Å². The van der Waals surface area contributed by atoms with E-state index in [0.29, 0.717) is 29.2 Å². The van der Waals surface area contributed by atoms with E-state index in [-0.39, 0.29) is 5.91 Å². The maximum Gasteiger partial charge on any atom is 0.265 e. The number of hydrogen-bond acceptors (Lipinski definition) is 8. The fraction of sp³-hybridized carbons (Fsp3) is 0.158. The second-order valence-electron chi connectivity index (χ2n) is 6.15. The summed E-state index contributed by atoms with van der Waals surface area (Å²) in [5.74, 6) is 0.675. The molecular weight excluding hydrogens is 394 g/mol. The molecule has 1 amide bonds. The zero-order valence-corrected chi connectivity index (χ0v) is 17.3. The fourth-order valence-corrected chi connectivity index (χ4v) is 4.30. The number of hydrogen-bond donors (Lipinski definition) is 2. The van der Waals surface area contributed by atoms with Crippen LogP contribution in [0.2, 0.25) is 0 Å². The van der Waals surface area contributed by atoms with Gasteiger partial charge in [0.1, 0.15) is 11.1 Å². The van der Waals surface area contributed by atoms with E-state index >= 15 is 0 Å². The van der Waals surface area contributed by atoms with Crippen LogP contribution < -0.4 is 11.2 Å². The van der Waals surface area contributed by atoms with Gasteiger partial charge in [-0.25, -0.2) is 9.97 Å². The van der Waals surface area contributed by atoms with Crippen LogP contribution in [0.5, 0.6) is 0 Å². The first-order valence-electron chi connectivity index (χ1n) is 8.29. The molecule has 3 N–H and O–H groups in total. The topological polar surface area (TPSA) is 101 Å². The number of thiophene rings is 2. The molecule has 0 atom stereocenters. The Kier molecular flexibility index (Phi) is 5.57. The van der Waals surface area contributed by atoms with E-state index in [0.717, 1.165) is 25.5 Å². The molecular formula is C19H19N5O2S2. The second-order valence-corrected chi connectivity index (χ2v) is 8.10. The van der Waals surface area contributed by atoms with Crippen molar-refractivity contribution in [3.8, 4) is 10.7 Å². The van der Waals surface area contributed by atoms with Gasteiger partial charge >= 0.3 is 0 Å². The predicted octanol–water partition coefficient (Wildman–Crippen LogP) is 3.59. The number of anilines is 1. The molecule has 7 nitrogen and oxygen atoms in total. The molecule has 0 unspecified atom stereocenters. The number of aromatic nitrogens is 2. The summed E-state index contributed by atoms with van der Waals surface area (Å²) in [5.41, 5.74) is 10.6. The van der Waals surface area contributed by atoms with Gasteiger partial charge in [0.25, 0.3) is 5.91 Å². The Labute approximate surface area is 170 Å². The summed E-state index contributed by atoms with van der Waals surface area (Å²) in [6.45, 7) is 7.32. The van der Waals surface area contributed by atoms with Gasteiger partial charge < -0.3 is 5.73 Å². The molecule has 0 saturated carbocycles. The molecule has 3 aromatic heterocycles. The largest absolute Gasteiger partial charge is 0.398 e. The lowest BCUT2D eigenvalue weighted by Gasteiger charge is -2.18. The molecule has 0 radical (unpaired) electrons. The van der Waals surface area contributed by atoms with Crippen LogP contribution in [0, 0.1) is 6.92 Å². The molecule has 0 aliphatic carbocycles. The van der Waals surface area contributed by atoms with Crippen LogP contribution in [0.3, 0.4) is 0 Å². The number of fused-ring (bicyclic) bond motifs is 1. The molecule has 3 rings (SSSR count). The molecule has 3 aromatic rings. The van der Waals surface area contributed by atoms with E-state index in [1.165, 1.54) is 33.8 Å². The van der Waals surface area contributed by atoms with Gasteiger partial charge in [0.15, 0.2) is 11.6 Å². The lowest BCUT2D eigenvalue weighted by molar-refractivity contribution is -0.123. The van der Waals surface area contributed by atoms with E-state index in [2.05, 4.69) is 22.0 Å². The minimum atomic E-state index is -0.370. The number of carbonyl (C=O) groups excluding carboxylic acids is 2. The standard InChI is InChI=1S/C19H19N5O2S2/c1-10(9-25)8-14(26)24(4)23-18-15-11(2)16(12(3)20)28-19(15)22-17(21-18)13-6-5-7-27-13/h5-9H,3,20H2,1-2,4H3,(H,21,22,23)/b10-8-. The monoisotopic (exact) mass is 413 g/mol. The van der Waals surface area contributed by atoms with Gasteiger partial charge in [-0.05, 0) is 36.4 Å². The predicted molar refractivity (Wildman–Crippen MR) is 115 cm³/mol. The Morgan fingerprint density at radius 3 is 2.75 bits per heavy atom. The third-order valence-corrected chi connectivity index (χ3v) is 6.09. The van der Waals surface area contributed by atoms with Crippen LogP contribution in [0.15, 0.2) is 35.7 Å².